The maximum absolute atomic E-state index is 12.7. The van der Waals surface area contributed by atoms with Crippen molar-refractivity contribution >= 4 is 28.5 Å². The third-order valence-corrected chi connectivity index (χ3v) is 4.08. The molecule has 144 valence electrons. The highest BCUT2D eigenvalue weighted by atomic mass is 16.6. The van der Waals surface area contributed by atoms with Crippen molar-refractivity contribution in [3.63, 3.8) is 0 Å². The minimum absolute atomic E-state index is 0.0345. The molecule has 27 heavy (non-hydrogen) atoms. The standard InChI is InChI=1S/C19H22N2O6/c1-5-27-18(24)15-11(9-10-14(22)23)12-7-6-8-13(21(25)26)16(12)20-17(15)19(2,3)4/h6-8H,5,9-10H2,1-4H3,(H,22,23). The van der Waals surface area contributed by atoms with Crippen LogP contribution in [0, 0.1) is 10.1 Å². The molecule has 0 amide bonds. The number of carboxylic acids is 1. The molecule has 0 spiro atoms. The molecule has 1 aromatic carbocycles. The van der Waals surface area contributed by atoms with Crippen molar-refractivity contribution in [2.45, 2.75) is 46.0 Å². The highest BCUT2D eigenvalue weighted by molar-refractivity contribution is 6.01. The fraction of sp³-hybridized carbons (Fsp3) is 0.421. The van der Waals surface area contributed by atoms with Gasteiger partial charge in [-0.3, -0.25) is 14.9 Å². The number of benzene rings is 1. The second kappa shape index (κ2) is 7.69. The number of rotatable bonds is 6. The second-order valence-electron chi connectivity index (χ2n) is 7.11. The average molecular weight is 374 g/mol. The number of carbonyl (C=O) groups excluding carboxylic acids is 1. The molecule has 0 aliphatic rings. The Hall–Kier alpha value is -3.03. The summed E-state index contributed by atoms with van der Waals surface area (Å²) in [7, 11) is 0. The Morgan fingerprint density at radius 1 is 1.30 bits per heavy atom. The van der Waals surface area contributed by atoms with Gasteiger partial charge in [-0.05, 0) is 18.9 Å². The SMILES string of the molecule is CCOC(=O)c1c(C(C)(C)C)nc2c([N+](=O)[O-])cccc2c1CCC(=O)O. The molecule has 1 aromatic heterocycles. The van der Waals surface area contributed by atoms with E-state index in [0.29, 0.717) is 16.6 Å². The highest BCUT2D eigenvalue weighted by Crippen LogP contribution is 2.35. The van der Waals surface area contributed by atoms with Gasteiger partial charge in [-0.1, -0.05) is 32.9 Å². The van der Waals surface area contributed by atoms with E-state index in [0.717, 1.165) is 0 Å². The lowest BCUT2D eigenvalue weighted by molar-refractivity contribution is -0.383. The largest absolute Gasteiger partial charge is 0.481 e. The number of aliphatic carboxylic acids is 1. The van der Waals surface area contributed by atoms with E-state index in [1.54, 1.807) is 13.0 Å². The Balaban J connectivity index is 2.96. The fourth-order valence-electron chi connectivity index (χ4n) is 2.94. The number of ether oxygens (including phenoxy) is 1. The van der Waals surface area contributed by atoms with Crippen LogP contribution in [0.15, 0.2) is 18.2 Å². The van der Waals surface area contributed by atoms with Crippen molar-refractivity contribution in [3.8, 4) is 0 Å². The summed E-state index contributed by atoms with van der Waals surface area (Å²) >= 11 is 0. The molecule has 0 bridgehead atoms. The van der Waals surface area contributed by atoms with Crippen LogP contribution in [0.4, 0.5) is 5.69 Å². The average Bonchev–Trinajstić information content (AvgIpc) is 2.57. The summed E-state index contributed by atoms with van der Waals surface area (Å²) in [5, 5.41) is 21.0. The monoisotopic (exact) mass is 374 g/mol. The molecule has 0 atom stereocenters. The van der Waals surface area contributed by atoms with Gasteiger partial charge >= 0.3 is 11.9 Å². The molecular weight excluding hydrogens is 352 g/mol. The van der Waals surface area contributed by atoms with Gasteiger partial charge in [-0.2, -0.15) is 0 Å². The van der Waals surface area contributed by atoms with Crippen molar-refractivity contribution in [1.29, 1.82) is 0 Å². The Labute approximate surface area is 156 Å². The molecule has 8 nitrogen and oxygen atoms in total. The maximum Gasteiger partial charge on any atom is 0.340 e. The Morgan fingerprint density at radius 3 is 2.48 bits per heavy atom. The minimum Gasteiger partial charge on any atom is -0.481 e. The van der Waals surface area contributed by atoms with E-state index in [1.807, 2.05) is 20.8 Å². The van der Waals surface area contributed by atoms with Crippen LogP contribution in [0.5, 0.6) is 0 Å². The number of nitrogens with zero attached hydrogens (tertiary/aromatic N) is 2. The van der Waals surface area contributed by atoms with Gasteiger partial charge < -0.3 is 9.84 Å². The number of aryl methyl sites for hydroxylation is 1. The van der Waals surface area contributed by atoms with Crippen LogP contribution < -0.4 is 0 Å². The van der Waals surface area contributed by atoms with Gasteiger partial charge in [0.1, 0.15) is 5.52 Å². The van der Waals surface area contributed by atoms with Crippen LogP contribution in [-0.4, -0.2) is 33.6 Å². The lowest BCUT2D eigenvalue weighted by Gasteiger charge is -2.24. The number of nitro benzene ring substituents is 1. The van der Waals surface area contributed by atoms with E-state index in [1.165, 1.54) is 12.1 Å². The predicted molar refractivity (Wildman–Crippen MR) is 99.0 cm³/mol. The smallest absolute Gasteiger partial charge is 0.340 e. The van der Waals surface area contributed by atoms with Crippen LogP contribution in [-0.2, 0) is 21.4 Å². The van der Waals surface area contributed by atoms with Gasteiger partial charge in [0, 0.05) is 23.3 Å². The van der Waals surface area contributed by atoms with Crippen LogP contribution in [0.1, 0.15) is 55.7 Å². The first-order valence-corrected chi connectivity index (χ1v) is 8.57. The second-order valence-corrected chi connectivity index (χ2v) is 7.11. The molecule has 0 aliphatic carbocycles. The summed E-state index contributed by atoms with van der Waals surface area (Å²) in [6.07, 6.45) is -0.190. The first-order chi connectivity index (χ1) is 12.6. The molecule has 0 radical (unpaired) electrons. The van der Waals surface area contributed by atoms with Crippen LogP contribution in [0.3, 0.4) is 0 Å². The summed E-state index contributed by atoms with van der Waals surface area (Å²) in [4.78, 5) is 39.2. The Bertz CT molecular complexity index is 915. The molecule has 2 aromatic rings. The van der Waals surface area contributed by atoms with E-state index < -0.39 is 22.3 Å². The molecule has 0 unspecified atom stereocenters. The number of aromatic nitrogens is 1. The van der Waals surface area contributed by atoms with Crippen molar-refractivity contribution in [3.05, 3.63) is 45.1 Å². The normalized spacial score (nSPS) is 11.4. The summed E-state index contributed by atoms with van der Waals surface area (Å²) < 4.78 is 5.18. The van der Waals surface area contributed by atoms with Crippen LogP contribution in [0.25, 0.3) is 10.9 Å². The molecule has 1 N–H and O–H groups in total. The zero-order chi connectivity index (χ0) is 20.4. The number of pyridine rings is 1. The third-order valence-electron chi connectivity index (χ3n) is 4.08. The van der Waals surface area contributed by atoms with E-state index in [9.17, 15) is 19.7 Å². The van der Waals surface area contributed by atoms with E-state index in [4.69, 9.17) is 9.84 Å². The zero-order valence-corrected chi connectivity index (χ0v) is 15.7. The van der Waals surface area contributed by atoms with Gasteiger partial charge in [-0.15, -0.1) is 0 Å². The maximum atomic E-state index is 12.7. The number of fused-ring (bicyclic) bond motifs is 1. The summed E-state index contributed by atoms with van der Waals surface area (Å²) in [6.45, 7) is 7.32. The third kappa shape index (κ3) is 4.21. The number of para-hydroxylation sites is 1. The van der Waals surface area contributed by atoms with E-state index in [-0.39, 0.29) is 36.2 Å². The topological polar surface area (TPSA) is 120 Å². The first-order valence-electron chi connectivity index (χ1n) is 8.57. The van der Waals surface area contributed by atoms with Crippen LogP contribution in [0.2, 0.25) is 0 Å². The molecule has 0 aliphatic heterocycles. The van der Waals surface area contributed by atoms with Gasteiger partial charge in [0.25, 0.3) is 5.69 Å². The van der Waals surface area contributed by atoms with Crippen molar-refractivity contribution in [2.24, 2.45) is 0 Å². The number of hydrogen-bond donors (Lipinski definition) is 1. The quantitative estimate of drug-likeness (QED) is 0.465. The van der Waals surface area contributed by atoms with Gasteiger partial charge in [0.15, 0.2) is 0 Å². The summed E-state index contributed by atoms with van der Waals surface area (Å²) in [6, 6.07) is 4.45. The molecular formula is C19H22N2O6. The molecule has 2 rings (SSSR count). The minimum atomic E-state index is -1.03. The lowest BCUT2D eigenvalue weighted by atomic mass is 9.84. The van der Waals surface area contributed by atoms with Gasteiger partial charge in [0.05, 0.1) is 22.8 Å². The molecule has 0 saturated heterocycles. The molecule has 1 heterocycles. The molecule has 0 fully saturated rings. The van der Waals surface area contributed by atoms with E-state index >= 15 is 0 Å². The summed E-state index contributed by atoms with van der Waals surface area (Å²) in [5.41, 5.74) is 0.292. The van der Waals surface area contributed by atoms with Crippen LogP contribution >= 0.6 is 0 Å². The van der Waals surface area contributed by atoms with Gasteiger partial charge in [-0.25, -0.2) is 9.78 Å². The van der Waals surface area contributed by atoms with E-state index in [2.05, 4.69) is 4.98 Å². The lowest BCUT2D eigenvalue weighted by Crippen LogP contribution is -2.23. The number of non-ortho nitro benzene ring substituents is 1. The Morgan fingerprint density at radius 2 is 1.96 bits per heavy atom. The predicted octanol–water partition coefficient (Wildman–Crippen LogP) is 3.63. The van der Waals surface area contributed by atoms with Crippen molar-refractivity contribution in [1.82, 2.24) is 4.98 Å². The number of carboxylic acid groups (broad SMARTS) is 1. The molecule has 0 saturated carbocycles. The number of carbonyl (C=O) groups is 2. The van der Waals surface area contributed by atoms with Gasteiger partial charge in [0.2, 0.25) is 0 Å². The van der Waals surface area contributed by atoms with Crippen molar-refractivity contribution in [2.75, 3.05) is 6.61 Å². The fourth-order valence-corrected chi connectivity index (χ4v) is 2.94. The number of nitro groups is 1. The number of hydrogen-bond acceptors (Lipinski definition) is 6. The first kappa shape index (κ1) is 20.3. The summed E-state index contributed by atoms with van der Waals surface area (Å²) in [5.74, 6) is -1.64. The highest BCUT2D eigenvalue weighted by Gasteiger charge is 2.31. The Kier molecular flexibility index (Phi) is 5.78. The molecule has 8 heteroatoms. The zero-order valence-electron chi connectivity index (χ0n) is 15.7. The number of esters is 1. The van der Waals surface area contributed by atoms with Crippen molar-refractivity contribution < 1.29 is 24.4 Å².